The van der Waals surface area contributed by atoms with Crippen LogP contribution in [0.4, 0.5) is 5.69 Å². The fourth-order valence-corrected chi connectivity index (χ4v) is 4.03. The average molecular weight is 352 g/mol. The van der Waals surface area contributed by atoms with Crippen LogP contribution in [0.2, 0.25) is 0 Å². The lowest BCUT2D eigenvalue weighted by Gasteiger charge is -2.35. The molecule has 0 atom stereocenters. The van der Waals surface area contributed by atoms with Gasteiger partial charge in [0.2, 0.25) is 5.91 Å². The zero-order valence-electron chi connectivity index (χ0n) is 14.5. The van der Waals surface area contributed by atoms with Crippen molar-refractivity contribution in [2.75, 3.05) is 5.32 Å². The highest BCUT2D eigenvalue weighted by atomic mass is 16.5. The number of carbonyl (C=O) groups excluding carboxylic acids is 1. The predicted octanol–water partition coefficient (Wildman–Crippen LogP) is 3.30. The van der Waals surface area contributed by atoms with Gasteiger partial charge in [0.15, 0.2) is 0 Å². The maximum atomic E-state index is 12.7. The third-order valence-corrected chi connectivity index (χ3v) is 5.40. The molecule has 4 rings (SSSR count). The normalized spacial score (nSPS) is 24.2. The Hall–Kier alpha value is -2.89. The molecular weight excluding hydrogens is 332 g/mol. The summed E-state index contributed by atoms with van der Waals surface area (Å²) in [6.07, 6.45) is 6.26. The van der Waals surface area contributed by atoms with Crippen molar-refractivity contribution < 1.29 is 19.4 Å². The lowest BCUT2D eigenvalue weighted by molar-refractivity contribution is -0.122. The van der Waals surface area contributed by atoms with E-state index >= 15 is 0 Å². The second-order valence-electron chi connectivity index (χ2n) is 7.12. The SMILES string of the molecule is Cc1cncc(O[C@H]2CC[C@@]3(CC2)C(=O)Nc2ccc(C(=O)O)cc23)c1. The van der Waals surface area contributed by atoms with Gasteiger partial charge in [-0.05, 0) is 68.0 Å². The molecule has 1 aliphatic heterocycles. The summed E-state index contributed by atoms with van der Waals surface area (Å²) in [5.74, 6) is -0.271. The molecule has 0 unspecified atom stereocenters. The van der Waals surface area contributed by atoms with Crippen molar-refractivity contribution in [2.45, 2.75) is 44.1 Å². The van der Waals surface area contributed by atoms with E-state index in [1.807, 2.05) is 13.0 Å². The van der Waals surface area contributed by atoms with Crippen molar-refractivity contribution in [3.8, 4) is 5.75 Å². The molecule has 0 radical (unpaired) electrons. The number of fused-ring (bicyclic) bond motifs is 2. The molecule has 26 heavy (non-hydrogen) atoms. The lowest BCUT2D eigenvalue weighted by atomic mass is 9.69. The summed E-state index contributed by atoms with van der Waals surface area (Å²) in [4.78, 5) is 28.1. The molecular formula is C20H20N2O4. The lowest BCUT2D eigenvalue weighted by Crippen LogP contribution is -2.41. The summed E-state index contributed by atoms with van der Waals surface area (Å²) >= 11 is 0. The second kappa shape index (κ2) is 6.12. The van der Waals surface area contributed by atoms with E-state index in [2.05, 4.69) is 10.3 Å². The number of rotatable bonds is 3. The molecule has 2 aromatic rings. The number of nitrogens with one attached hydrogen (secondary N) is 1. The highest BCUT2D eigenvalue weighted by Gasteiger charge is 2.49. The number of aromatic nitrogens is 1. The van der Waals surface area contributed by atoms with Crippen molar-refractivity contribution >= 4 is 17.6 Å². The van der Waals surface area contributed by atoms with Crippen molar-refractivity contribution in [1.82, 2.24) is 4.98 Å². The Morgan fingerprint density at radius 2 is 2.04 bits per heavy atom. The molecule has 134 valence electrons. The average Bonchev–Trinajstić information content (AvgIpc) is 2.88. The minimum absolute atomic E-state index is 0.0312. The van der Waals surface area contributed by atoms with E-state index in [0.29, 0.717) is 12.8 Å². The van der Waals surface area contributed by atoms with Gasteiger partial charge in [-0.15, -0.1) is 0 Å². The molecule has 6 nitrogen and oxygen atoms in total. The Kier molecular flexibility index (Phi) is 3.90. The Labute approximate surface area is 151 Å². The Bertz CT molecular complexity index is 885. The van der Waals surface area contributed by atoms with Gasteiger partial charge in [-0.3, -0.25) is 9.78 Å². The van der Waals surface area contributed by atoms with Crippen LogP contribution in [-0.4, -0.2) is 28.1 Å². The Balaban J connectivity index is 1.54. The van der Waals surface area contributed by atoms with Crippen molar-refractivity contribution in [3.05, 3.63) is 53.3 Å². The van der Waals surface area contributed by atoms with Crippen LogP contribution in [0.25, 0.3) is 0 Å². The molecule has 1 aromatic heterocycles. The van der Waals surface area contributed by atoms with E-state index in [-0.39, 0.29) is 17.6 Å². The van der Waals surface area contributed by atoms with Crippen LogP contribution in [0.3, 0.4) is 0 Å². The number of carboxylic acids is 1. The van der Waals surface area contributed by atoms with Gasteiger partial charge in [0.25, 0.3) is 0 Å². The fraction of sp³-hybridized carbons (Fsp3) is 0.350. The third-order valence-electron chi connectivity index (χ3n) is 5.40. The molecule has 2 heterocycles. The van der Waals surface area contributed by atoms with Gasteiger partial charge in [0.1, 0.15) is 5.75 Å². The molecule has 6 heteroatoms. The number of aromatic carboxylic acids is 1. The highest BCUT2D eigenvalue weighted by molar-refractivity contribution is 6.07. The molecule has 1 aliphatic carbocycles. The van der Waals surface area contributed by atoms with Gasteiger partial charge < -0.3 is 15.2 Å². The van der Waals surface area contributed by atoms with Crippen molar-refractivity contribution in [2.24, 2.45) is 0 Å². The number of benzene rings is 1. The minimum Gasteiger partial charge on any atom is -0.489 e. The monoisotopic (exact) mass is 352 g/mol. The van der Waals surface area contributed by atoms with Gasteiger partial charge in [0.05, 0.1) is 23.3 Å². The number of nitrogens with zero attached hydrogens (tertiary/aromatic N) is 1. The van der Waals surface area contributed by atoms with E-state index in [1.165, 1.54) is 6.07 Å². The number of hydrogen-bond donors (Lipinski definition) is 2. The van der Waals surface area contributed by atoms with E-state index in [9.17, 15) is 14.7 Å². The number of ether oxygens (including phenoxy) is 1. The number of anilines is 1. The molecule has 2 aliphatic rings. The standard InChI is InChI=1S/C20H20N2O4/c1-12-8-15(11-21-10-12)26-14-4-6-20(7-5-14)16-9-13(18(23)24)2-3-17(16)22-19(20)25/h2-3,8-11,14H,4-7H2,1H3,(H,22,25)(H,23,24)/t14-,20-. The van der Waals surface area contributed by atoms with E-state index in [0.717, 1.165) is 35.4 Å². The molecule has 1 saturated carbocycles. The van der Waals surface area contributed by atoms with Crippen LogP contribution in [0.15, 0.2) is 36.7 Å². The molecule has 2 N–H and O–H groups in total. The maximum absolute atomic E-state index is 12.7. The number of aryl methyl sites for hydroxylation is 1. The van der Waals surface area contributed by atoms with Gasteiger partial charge in [-0.25, -0.2) is 4.79 Å². The smallest absolute Gasteiger partial charge is 0.335 e. The summed E-state index contributed by atoms with van der Waals surface area (Å²) in [6, 6.07) is 6.81. The van der Waals surface area contributed by atoms with Crippen LogP contribution in [0, 0.1) is 6.92 Å². The Morgan fingerprint density at radius 3 is 2.73 bits per heavy atom. The molecule has 1 amide bonds. The van der Waals surface area contributed by atoms with E-state index in [1.54, 1.807) is 24.5 Å². The zero-order chi connectivity index (χ0) is 18.3. The third kappa shape index (κ3) is 2.71. The minimum atomic E-state index is -0.980. The number of amides is 1. The number of carbonyl (C=O) groups is 2. The first-order valence-electron chi connectivity index (χ1n) is 8.75. The summed E-state index contributed by atoms with van der Waals surface area (Å²) in [5.41, 5.74) is 2.13. The van der Waals surface area contributed by atoms with Gasteiger partial charge in [-0.1, -0.05) is 0 Å². The first-order chi connectivity index (χ1) is 12.5. The van der Waals surface area contributed by atoms with Crippen LogP contribution in [0.1, 0.15) is 47.2 Å². The van der Waals surface area contributed by atoms with Crippen LogP contribution in [-0.2, 0) is 10.2 Å². The molecule has 1 aromatic carbocycles. The van der Waals surface area contributed by atoms with Crippen molar-refractivity contribution in [1.29, 1.82) is 0 Å². The molecule has 1 spiro atoms. The van der Waals surface area contributed by atoms with E-state index in [4.69, 9.17) is 4.74 Å². The van der Waals surface area contributed by atoms with Crippen LogP contribution < -0.4 is 10.1 Å². The first kappa shape index (κ1) is 16.6. The topological polar surface area (TPSA) is 88.5 Å². The summed E-state index contributed by atoms with van der Waals surface area (Å²) in [6.45, 7) is 1.97. The largest absolute Gasteiger partial charge is 0.489 e. The number of pyridine rings is 1. The summed E-state index contributed by atoms with van der Waals surface area (Å²) < 4.78 is 6.04. The molecule has 0 saturated heterocycles. The fourth-order valence-electron chi connectivity index (χ4n) is 4.03. The highest BCUT2D eigenvalue weighted by Crippen LogP contribution is 2.48. The predicted molar refractivity (Wildman–Crippen MR) is 95.6 cm³/mol. The van der Waals surface area contributed by atoms with E-state index < -0.39 is 11.4 Å². The zero-order valence-corrected chi connectivity index (χ0v) is 14.5. The van der Waals surface area contributed by atoms with Gasteiger partial charge in [-0.2, -0.15) is 0 Å². The molecule has 0 bridgehead atoms. The van der Waals surface area contributed by atoms with Gasteiger partial charge >= 0.3 is 5.97 Å². The first-order valence-corrected chi connectivity index (χ1v) is 8.75. The van der Waals surface area contributed by atoms with Gasteiger partial charge in [0, 0.05) is 11.9 Å². The maximum Gasteiger partial charge on any atom is 0.335 e. The Morgan fingerprint density at radius 1 is 1.27 bits per heavy atom. The summed E-state index contributed by atoms with van der Waals surface area (Å²) in [5, 5.41) is 12.2. The van der Waals surface area contributed by atoms with Crippen LogP contribution in [0.5, 0.6) is 5.75 Å². The van der Waals surface area contributed by atoms with Crippen LogP contribution >= 0.6 is 0 Å². The van der Waals surface area contributed by atoms with Crippen molar-refractivity contribution in [3.63, 3.8) is 0 Å². The number of hydrogen-bond acceptors (Lipinski definition) is 4. The quantitative estimate of drug-likeness (QED) is 0.885. The second-order valence-corrected chi connectivity index (χ2v) is 7.12. The molecule has 1 fully saturated rings. The summed E-state index contributed by atoms with van der Waals surface area (Å²) in [7, 11) is 0. The number of carboxylic acid groups (broad SMARTS) is 1.